The highest BCUT2D eigenvalue weighted by Gasteiger charge is 2.26. The third-order valence-electron chi connectivity index (χ3n) is 3.49. The molecule has 1 amide bonds. The molecule has 0 unspecified atom stereocenters. The third-order valence-corrected chi connectivity index (χ3v) is 4.42. The van der Waals surface area contributed by atoms with E-state index < -0.39 is 10.8 Å². The molecule has 1 aliphatic rings. The van der Waals surface area contributed by atoms with Crippen molar-refractivity contribution < 1.29 is 14.2 Å². The first-order chi connectivity index (χ1) is 11.0. The summed E-state index contributed by atoms with van der Waals surface area (Å²) in [6, 6.07) is 0. The highest BCUT2D eigenvalue weighted by atomic mass is 79.9. The molecule has 0 spiro atoms. The minimum atomic E-state index is -0.583. The summed E-state index contributed by atoms with van der Waals surface area (Å²) in [6.45, 7) is 2.35. The van der Waals surface area contributed by atoms with Crippen molar-refractivity contribution in [3.05, 3.63) is 32.0 Å². The summed E-state index contributed by atoms with van der Waals surface area (Å²) >= 11 is 3.13. The molecule has 1 N–H and O–H groups in total. The molecule has 3 rings (SSSR count). The van der Waals surface area contributed by atoms with Crippen LogP contribution in [0.4, 0.5) is 5.82 Å². The third kappa shape index (κ3) is 3.38. The molecule has 2 aromatic heterocycles. The van der Waals surface area contributed by atoms with E-state index in [0.29, 0.717) is 22.6 Å². The molecule has 0 bridgehead atoms. The van der Waals surface area contributed by atoms with Gasteiger partial charge < -0.3 is 20.0 Å². The number of hydrogen-bond donors (Lipinski definition) is 1. The SMILES string of the molecule is Cc1c(Br)c([N+](=O)[O-])nn1Cc1noc(C(=O)NCC2CC2)n1. The minimum absolute atomic E-state index is 0.0671. The number of nitrogens with zero attached hydrogens (tertiary/aromatic N) is 5. The quantitative estimate of drug-likeness (QED) is 0.588. The summed E-state index contributed by atoms with van der Waals surface area (Å²) in [6.07, 6.45) is 2.25. The van der Waals surface area contributed by atoms with Gasteiger partial charge in [0.05, 0.1) is 10.8 Å². The molecule has 1 saturated carbocycles. The van der Waals surface area contributed by atoms with Crippen LogP contribution in [0.1, 0.15) is 35.0 Å². The van der Waals surface area contributed by atoms with Crippen LogP contribution in [-0.4, -0.2) is 37.3 Å². The summed E-state index contributed by atoms with van der Waals surface area (Å²) in [5.41, 5.74) is 0.557. The van der Waals surface area contributed by atoms with Gasteiger partial charge in [-0.2, -0.15) is 9.67 Å². The molecule has 1 aliphatic carbocycles. The Morgan fingerprint density at radius 3 is 2.91 bits per heavy atom. The fraction of sp³-hybridized carbons (Fsp3) is 0.500. The molecule has 23 heavy (non-hydrogen) atoms. The summed E-state index contributed by atoms with van der Waals surface area (Å²) in [7, 11) is 0. The van der Waals surface area contributed by atoms with Gasteiger partial charge >= 0.3 is 17.6 Å². The second-order valence-corrected chi connectivity index (χ2v) is 6.10. The van der Waals surface area contributed by atoms with Gasteiger partial charge in [-0.1, -0.05) is 5.16 Å². The monoisotopic (exact) mass is 384 g/mol. The Labute approximate surface area is 138 Å². The average molecular weight is 385 g/mol. The van der Waals surface area contributed by atoms with Crippen LogP contribution in [0, 0.1) is 23.0 Å². The molecule has 2 heterocycles. The molecular weight excluding hydrogens is 372 g/mol. The number of amides is 1. The predicted molar refractivity (Wildman–Crippen MR) is 79.8 cm³/mol. The first-order valence-corrected chi connectivity index (χ1v) is 7.73. The number of carbonyl (C=O) groups is 1. The first kappa shape index (κ1) is 15.6. The summed E-state index contributed by atoms with van der Waals surface area (Å²) < 4.78 is 6.59. The maximum absolute atomic E-state index is 11.8. The maximum atomic E-state index is 11.8. The Morgan fingerprint density at radius 1 is 1.57 bits per heavy atom. The number of nitrogens with one attached hydrogen (secondary N) is 1. The molecule has 11 heteroatoms. The van der Waals surface area contributed by atoms with Gasteiger partial charge in [0.15, 0.2) is 5.82 Å². The molecule has 122 valence electrons. The molecule has 1 fully saturated rings. The lowest BCUT2D eigenvalue weighted by Gasteiger charge is -1.98. The van der Waals surface area contributed by atoms with Crippen molar-refractivity contribution in [1.82, 2.24) is 25.2 Å². The molecular formula is C12H13BrN6O4. The zero-order valence-electron chi connectivity index (χ0n) is 12.2. The summed E-state index contributed by atoms with van der Waals surface area (Å²) in [4.78, 5) is 26.1. The highest BCUT2D eigenvalue weighted by molar-refractivity contribution is 9.10. The van der Waals surface area contributed by atoms with Crippen molar-refractivity contribution in [2.45, 2.75) is 26.3 Å². The van der Waals surface area contributed by atoms with E-state index in [1.54, 1.807) is 6.92 Å². The molecule has 0 atom stereocenters. The van der Waals surface area contributed by atoms with Gasteiger partial charge in [-0.3, -0.25) is 4.79 Å². The van der Waals surface area contributed by atoms with Crippen molar-refractivity contribution in [2.75, 3.05) is 6.54 Å². The molecule has 0 aromatic carbocycles. The van der Waals surface area contributed by atoms with E-state index in [2.05, 4.69) is 36.5 Å². The molecule has 0 saturated heterocycles. The number of halogens is 1. The number of hydrogen-bond acceptors (Lipinski definition) is 7. The van der Waals surface area contributed by atoms with Gasteiger partial charge in [-0.05, 0) is 46.5 Å². The molecule has 0 aliphatic heterocycles. The van der Waals surface area contributed by atoms with Crippen LogP contribution < -0.4 is 5.32 Å². The van der Waals surface area contributed by atoms with Crippen molar-refractivity contribution in [1.29, 1.82) is 0 Å². The fourth-order valence-electron chi connectivity index (χ4n) is 1.96. The minimum Gasteiger partial charge on any atom is -0.358 e. The van der Waals surface area contributed by atoms with Crippen LogP contribution in [0.5, 0.6) is 0 Å². The van der Waals surface area contributed by atoms with Gasteiger partial charge in [0.25, 0.3) is 0 Å². The largest absolute Gasteiger partial charge is 0.404 e. The van der Waals surface area contributed by atoms with E-state index in [1.165, 1.54) is 4.68 Å². The lowest BCUT2D eigenvalue weighted by molar-refractivity contribution is -0.390. The second kappa shape index (κ2) is 6.07. The Kier molecular flexibility index (Phi) is 4.11. The average Bonchev–Trinajstić information content (AvgIpc) is 3.16. The van der Waals surface area contributed by atoms with Crippen LogP contribution in [0.3, 0.4) is 0 Å². The number of nitro groups is 1. The maximum Gasteiger partial charge on any atom is 0.404 e. The Bertz CT molecular complexity index is 766. The number of rotatable bonds is 6. The Morgan fingerprint density at radius 2 is 2.30 bits per heavy atom. The smallest absolute Gasteiger partial charge is 0.358 e. The van der Waals surface area contributed by atoms with Crippen LogP contribution in [0.15, 0.2) is 9.00 Å². The van der Waals surface area contributed by atoms with E-state index in [1.807, 2.05) is 0 Å². The van der Waals surface area contributed by atoms with Crippen LogP contribution in [0.25, 0.3) is 0 Å². The van der Waals surface area contributed by atoms with Crippen molar-refractivity contribution in [2.24, 2.45) is 5.92 Å². The van der Waals surface area contributed by atoms with Gasteiger partial charge in [0.2, 0.25) is 0 Å². The standard InChI is InChI=1S/C12H13BrN6O4/c1-6-9(13)10(19(21)22)16-18(6)5-8-15-12(23-17-8)11(20)14-4-7-2-3-7/h7H,2-5H2,1H3,(H,14,20). The van der Waals surface area contributed by atoms with Crippen molar-refractivity contribution in [3.63, 3.8) is 0 Å². The first-order valence-electron chi connectivity index (χ1n) is 6.93. The van der Waals surface area contributed by atoms with Crippen molar-refractivity contribution >= 4 is 27.7 Å². The van der Waals surface area contributed by atoms with Gasteiger partial charge in [-0.15, -0.1) is 0 Å². The molecule has 0 radical (unpaired) electrons. The second-order valence-electron chi connectivity index (χ2n) is 5.31. The topological polar surface area (TPSA) is 129 Å². The molecule has 10 nitrogen and oxygen atoms in total. The lowest BCUT2D eigenvalue weighted by atomic mass is 10.4. The van der Waals surface area contributed by atoms with Gasteiger partial charge in [0, 0.05) is 6.54 Å². The van der Waals surface area contributed by atoms with E-state index in [-0.39, 0.29) is 24.1 Å². The van der Waals surface area contributed by atoms with Gasteiger partial charge in [-0.25, -0.2) is 0 Å². The lowest BCUT2D eigenvalue weighted by Crippen LogP contribution is -2.25. The van der Waals surface area contributed by atoms with E-state index in [0.717, 1.165) is 12.8 Å². The number of aromatic nitrogens is 4. The van der Waals surface area contributed by atoms with E-state index >= 15 is 0 Å². The zero-order chi connectivity index (χ0) is 16.6. The van der Waals surface area contributed by atoms with Crippen LogP contribution in [0.2, 0.25) is 0 Å². The fourth-order valence-corrected chi connectivity index (χ4v) is 2.39. The predicted octanol–water partition coefficient (Wildman–Crippen LogP) is 1.43. The highest BCUT2D eigenvalue weighted by Crippen LogP contribution is 2.28. The van der Waals surface area contributed by atoms with Crippen molar-refractivity contribution in [3.8, 4) is 0 Å². The van der Waals surface area contributed by atoms with Gasteiger partial charge in [0.1, 0.15) is 11.0 Å². The molecule has 2 aromatic rings. The Balaban J connectivity index is 1.70. The number of carbonyl (C=O) groups excluding carboxylic acids is 1. The van der Waals surface area contributed by atoms with E-state index in [9.17, 15) is 14.9 Å². The summed E-state index contributed by atoms with van der Waals surface area (Å²) in [5, 5.41) is 21.2. The van der Waals surface area contributed by atoms with Crippen LogP contribution in [-0.2, 0) is 6.54 Å². The summed E-state index contributed by atoms with van der Waals surface area (Å²) in [5.74, 6) is -0.0621. The van der Waals surface area contributed by atoms with Crippen LogP contribution >= 0.6 is 15.9 Å². The normalized spacial score (nSPS) is 14.0. The Hall–Kier alpha value is -2.30. The van der Waals surface area contributed by atoms with E-state index in [4.69, 9.17) is 4.52 Å². The zero-order valence-corrected chi connectivity index (χ0v) is 13.7.